The smallest absolute Gasteiger partial charge is 0.206 e. The van der Waals surface area contributed by atoms with Gasteiger partial charge in [0.05, 0.1) is 18.0 Å². The molecule has 0 radical (unpaired) electrons. The Hall–Kier alpha value is -1.35. The number of thiazole rings is 1. The summed E-state index contributed by atoms with van der Waals surface area (Å²) in [7, 11) is 0. The van der Waals surface area contributed by atoms with Crippen LogP contribution in [0.2, 0.25) is 0 Å². The number of phenolic OH excluding ortho intramolecular Hbond substituents is 2. The van der Waals surface area contributed by atoms with Gasteiger partial charge in [0.25, 0.3) is 0 Å². The third kappa shape index (κ3) is 6.07. The Bertz CT molecular complexity index is 836. The summed E-state index contributed by atoms with van der Waals surface area (Å²) in [5.74, 6) is -0.213. The van der Waals surface area contributed by atoms with E-state index in [1.54, 1.807) is 30.5 Å². The predicted octanol–water partition coefficient (Wildman–Crippen LogP) is 5.13. The van der Waals surface area contributed by atoms with Crippen molar-refractivity contribution in [2.24, 2.45) is 10.1 Å². The molecule has 2 aromatic rings. The molecule has 1 saturated carbocycles. The van der Waals surface area contributed by atoms with E-state index in [1.165, 1.54) is 29.8 Å². The van der Waals surface area contributed by atoms with Crippen LogP contribution >= 0.6 is 33.9 Å². The number of rotatable bonds is 3. The van der Waals surface area contributed by atoms with Crippen LogP contribution in [0, 0.1) is 13.8 Å². The van der Waals surface area contributed by atoms with Crippen molar-refractivity contribution in [3.05, 3.63) is 39.1 Å². The van der Waals surface area contributed by atoms with Crippen LogP contribution < -0.4 is 4.80 Å². The molecule has 5 nitrogen and oxygen atoms in total. The van der Waals surface area contributed by atoms with Crippen LogP contribution in [0.4, 0.5) is 0 Å². The quantitative estimate of drug-likeness (QED) is 0.265. The summed E-state index contributed by atoms with van der Waals surface area (Å²) >= 11 is 3.90. The highest BCUT2D eigenvalue weighted by Crippen LogP contribution is 2.29. The maximum atomic E-state index is 9.83. The number of benzene rings is 1. The second-order valence-corrected chi connectivity index (χ2v) is 8.91. The van der Waals surface area contributed by atoms with Crippen LogP contribution in [-0.2, 0) is 0 Å². The fourth-order valence-corrected chi connectivity index (χ4v) is 3.82. The first-order chi connectivity index (χ1) is 13.0. The van der Waals surface area contributed by atoms with Crippen LogP contribution in [0.1, 0.15) is 55.8 Å². The highest BCUT2D eigenvalue weighted by Gasteiger charge is 2.12. The van der Waals surface area contributed by atoms with Crippen molar-refractivity contribution >= 4 is 40.1 Å². The molecule has 0 atom stereocenters. The van der Waals surface area contributed by atoms with Crippen LogP contribution in [0.3, 0.4) is 0 Å². The summed E-state index contributed by atoms with van der Waals surface area (Å²) in [6, 6.07) is 3.62. The summed E-state index contributed by atoms with van der Waals surface area (Å²) in [4.78, 5) is 5.80. The number of hydrogen-bond donors (Lipinski definition) is 2. The molecule has 7 heteroatoms. The first-order valence-electron chi connectivity index (χ1n) is 9.30. The molecule has 1 aromatic heterocycles. The molecule has 27 heavy (non-hydrogen) atoms. The van der Waals surface area contributed by atoms with Gasteiger partial charge in [-0.3, -0.25) is 4.99 Å². The monoisotopic (exact) mass is 501 g/mol. The Morgan fingerprint density at radius 3 is 2.56 bits per heavy atom. The summed E-state index contributed by atoms with van der Waals surface area (Å²) in [5, 5.41) is 26.0. The molecule has 1 aromatic carbocycles. The molecule has 3 rings (SSSR count). The van der Waals surface area contributed by atoms with E-state index in [1.807, 2.05) is 11.6 Å². The number of aryl methyl sites for hydroxylation is 1. The standard InChI is InChI=1S/C18H23N3O2S.C2H5I/c1-12-11-24-18(20-15-6-4-3-5-7-15)21(12)19-10-14-8-9-16(22)17(23)13(14)2;1-2-3/h8-11,15,22-23H,3-7H2,1-2H3;2H2,1H3/b19-10+,20-18?;. The molecule has 148 valence electrons. The van der Waals surface area contributed by atoms with E-state index in [2.05, 4.69) is 40.0 Å². The SMILES string of the molecule is CCI.Cc1c(/C=N/n2c(C)csc2=NC2CCCCC2)ccc(O)c1O. The van der Waals surface area contributed by atoms with Crippen molar-refractivity contribution in [3.63, 3.8) is 0 Å². The largest absolute Gasteiger partial charge is 0.504 e. The van der Waals surface area contributed by atoms with E-state index in [9.17, 15) is 10.2 Å². The van der Waals surface area contributed by atoms with Gasteiger partial charge in [-0.1, -0.05) is 48.8 Å². The van der Waals surface area contributed by atoms with E-state index < -0.39 is 0 Å². The average Bonchev–Trinajstić information content (AvgIpc) is 3.00. The van der Waals surface area contributed by atoms with Gasteiger partial charge in [-0.15, -0.1) is 11.3 Å². The molecule has 0 amide bonds. The molecular formula is C20H28IN3O2S. The summed E-state index contributed by atoms with van der Waals surface area (Å²) in [6.07, 6.45) is 7.85. The molecular weight excluding hydrogens is 473 g/mol. The van der Waals surface area contributed by atoms with E-state index in [4.69, 9.17) is 4.99 Å². The second kappa shape index (κ2) is 10.8. The molecule has 1 fully saturated rings. The molecule has 0 aliphatic heterocycles. The second-order valence-electron chi connectivity index (χ2n) is 6.55. The lowest BCUT2D eigenvalue weighted by molar-refractivity contribution is 0.401. The first kappa shape index (κ1) is 21.9. The Morgan fingerprint density at radius 1 is 1.22 bits per heavy atom. The average molecular weight is 501 g/mol. The number of aromatic hydroxyl groups is 2. The zero-order valence-electron chi connectivity index (χ0n) is 16.2. The van der Waals surface area contributed by atoms with Crippen molar-refractivity contribution in [2.45, 2.75) is 58.9 Å². The van der Waals surface area contributed by atoms with Crippen LogP contribution in [-0.4, -0.2) is 31.6 Å². The highest BCUT2D eigenvalue weighted by molar-refractivity contribution is 14.1. The number of phenols is 2. The molecule has 0 bridgehead atoms. The van der Waals surface area contributed by atoms with Crippen molar-refractivity contribution in [2.75, 3.05) is 4.43 Å². The minimum absolute atomic E-state index is 0.0990. The fourth-order valence-electron chi connectivity index (χ4n) is 2.94. The molecule has 1 aliphatic carbocycles. The van der Waals surface area contributed by atoms with Gasteiger partial charge in [0.2, 0.25) is 4.80 Å². The van der Waals surface area contributed by atoms with E-state index in [0.717, 1.165) is 28.9 Å². The third-order valence-corrected chi connectivity index (χ3v) is 5.43. The molecule has 1 aliphatic rings. The molecule has 1 heterocycles. The Labute approximate surface area is 178 Å². The fraction of sp³-hybridized carbons (Fsp3) is 0.500. The van der Waals surface area contributed by atoms with Crippen LogP contribution in [0.5, 0.6) is 11.5 Å². The number of halogens is 1. The highest BCUT2D eigenvalue weighted by atomic mass is 127. The predicted molar refractivity (Wildman–Crippen MR) is 122 cm³/mol. The Kier molecular flexibility index (Phi) is 8.82. The molecule has 2 N–H and O–H groups in total. The lowest BCUT2D eigenvalue weighted by Crippen LogP contribution is -2.19. The zero-order valence-corrected chi connectivity index (χ0v) is 19.1. The number of nitrogens with zero attached hydrogens (tertiary/aromatic N) is 3. The number of alkyl halides is 1. The van der Waals surface area contributed by atoms with Gasteiger partial charge >= 0.3 is 0 Å². The maximum absolute atomic E-state index is 9.83. The van der Waals surface area contributed by atoms with Crippen LogP contribution in [0.15, 0.2) is 27.6 Å². The van der Waals surface area contributed by atoms with E-state index in [-0.39, 0.29) is 11.5 Å². The van der Waals surface area contributed by atoms with Crippen LogP contribution in [0.25, 0.3) is 0 Å². The van der Waals surface area contributed by atoms with E-state index >= 15 is 0 Å². The minimum atomic E-state index is -0.114. The van der Waals surface area contributed by atoms with Gasteiger partial charge in [0.1, 0.15) is 0 Å². The summed E-state index contributed by atoms with van der Waals surface area (Å²) < 4.78 is 3.07. The normalized spacial score (nSPS) is 15.8. The lowest BCUT2D eigenvalue weighted by Gasteiger charge is -2.16. The van der Waals surface area contributed by atoms with Gasteiger partial charge in [-0.05, 0) is 43.2 Å². The number of hydrogen-bond acceptors (Lipinski definition) is 5. The first-order valence-corrected chi connectivity index (χ1v) is 11.7. The molecule has 0 unspecified atom stereocenters. The third-order valence-electron chi connectivity index (χ3n) is 4.48. The van der Waals surface area contributed by atoms with E-state index in [0.29, 0.717) is 11.6 Å². The van der Waals surface area contributed by atoms with Crippen molar-refractivity contribution < 1.29 is 10.2 Å². The number of aromatic nitrogens is 1. The summed E-state index contributed by atoms with van der Waals surface area (Å²) in [6.45, 7) is 5.88. The lowest BCUT2D eigenvalue weighted by atomic mass is 9.96. The maximum Gasteiger partial charge on any atom is 0.206 e. The molecule has 0 spiro atoms. The van der Waals surface area contributed by atoms with Crippen molar-refractivity contribution in [1.29, 1.82) is 0 Å². The van der Waals surface area contributed by atoms with Gasteiger partial charge < -0.3 is 10.2 Å². The topological polar surface area (TPSA) is 70.1 Å². The van der Waals surface area contributed by atoms with Gasteiger partial charge in [0, 0.05) is 16.5 Å². The molecule has 0 saturated heterocycles. The van der Waals surface area contributed by atoms with Gasteiger partial charge in [-0.25, -0.2) is 4.68 Å². The summed E-state index contributed by atoms with van der Waals surface area (Å²) in [5.41, 5.74) is 2.41. The van der Waals surface area contributed by atoms with Crippen molar-refractivity contribution in [1.82, 2.24) is 4.68 Å². The Balaban J connectivity index is 0.000000817. The Morgan fingerprint density at radius 2 is 1.89 bits per heavy atom. The van der Waals surface area contributed by atoms with Gasteiger partial charge in [-0.2, -0.15) is 5.10 Å². The van der Waals surface area contributed by atoms with Gasteiger partial charge in [0.15, 0.2) is 11.5 Å². The minimum Gasteiger partial charge on any atom is -0.504 e. The zero-order chi connectivity index (χ0) is 19.8. The van der Waals surface area contributed by atoms with Crippen molar-refractivity contribution in [3.8, 4) is 11.5 Å².